The first kappa shape index (κ1) is 10.2. The molecule has 0 aromatic carbocycles. The summed E-state index contributed by atoms with van der Waals surface area (Å²) in [6.07, 6.45) is 5.11. The summed E-state index contributed by atoms with van der Waals surface area (Å²) in [5.74, 6) is 0. The molecular weight excluding hydrogens is 198 g/mol. The van der Waals surface area contributed by atoms with Crippen molar-refractivity contribution >= 4 is 0 Å². The van der Waals surface area contributed by atoms with E-state index in [1.165, 1.54) is 43.9 Å². The van der Waals surface area contributed by atoms with E-state index < -0.39 is 0 Å². The molecule has 0 amide bonds. The van der Waals surface area contributed by atoms with Gasteiger partial charge in [-0.2, -0.15) is 0 Å². The average molecular weight is 217 g/mol. The highest BCUT2D eigenvalue weighted by Gasteiger charge is 2.31. The molecule has 0 N–H and O–H groups in total. The normalized spacial score (nSPS) is 32.9. The predicted molar refractivity (Wildman–Crippen MR) is 64.5 cm³/mol. The molecule has 16 heavy (non-hydrogen) atoms. The Balaban J connectivity index is 1.71. The Morgan fingerprint density at radius 2 is 2.06 bits per heavy atom. The molecule has 0 spiro atoms. The van der Waals surface area contributed by atoms with Crippen LogP contribution in [-0.2, 0) is 6.42 Å². The lowest BCUT2D eigenvalue weighted by Gasteiger charge is -2.47. The van der Waals surface area contributed by atoms with Crippen molar-refractivity contribution in [3.8, 4) is 0 Å². The standard InChI is InChI=1S/C13H19N3/c1-11-6-12(9-14-8-11)7-13-10-15-2-4-16(13)5-3-15/h6,8-9,13H,2-5,7,10H2,1H3. The number of hydrogen-bond donors (Lipinski definition) is 0. The summed E-state index contributed by atoms with van der Waals surface area (Å²) in [7, 11) is 0. The third kappa shape index (κ3) is 1.97. The molecule has 4 rings (SSSR count). The van der Waals surface area contributed by atoms with Crippen LogP contribution in [-0.4, -0.2) is 53.5 Å². The maximum Gasteiger partial charge on any atom is 0.0300 e. The fraction of sp³-hybridized carbons (Fsp3) is 0.615. The van der Waals surface area contributed by atoms with Crippen molar-refractivity contribution in [2.75, 3.05) is 32.7 Å². The van der Waals surface area contributed by atoms with Crippen LogP contribution in [0.5, 0.6) is 0 Å². The molecule has 1 aromatic rings. The number of rotatable bonds is 2. The minimum Gasteiger partial charge on any atom is -0.299 e. The third-order valence-corrected chi connectivity index (χ3v) is 3.80. The first-order valence-electron chi connectivity index (χ1n) is 6.18. The van der Waals surface area contributed by atoms with E-state index in [0.717, 1.165) is 6.42 Å². The Morgan fingerprint density at radius 3 is 2.69 bits per heavy atom. The van der Waals surface area contributed by atoms with E-state index in [1.807, 2.05) is 12.4 Å². The van der Waals surface area contributed by atoms with Crippen molar-refractivity contribution in [1.82, 2.24) is 14.8 Å². The predicted octanol–water partition coefficient (Wildman–Crippen LogP) is 0.932. The second kappa shape index (κ2) is 4.15. The van der Waals surface area contributed by atoms with Gasteiger partial charge in [0, 0.05) is 51.2 Å². The molecule has 0 aliphatic carbocycles. The fourth-order valence-electron chi connectivity index (χ4n) is 2.92. The summed E-state index contributed by atoms with van der Waals surface area (Å²) in [6.45, 7) is 8.40. The summed E-state index contributed by atoms with van der Waals surface area (Å²) >= 11 is 0. The SMILES string of the molecule is Cc1cncc(CC2CN3CCN2CC3)c1. The maximum atomic E-state index is 4.28. The number of nitrogens with zero attached hydrogens (tertiary/aromatic N) is 3. The number of piperazine rings is 3. The van der Waals surface area contributed by atoms with Gasteiger partial charge in [0.15, 0.2) is 0 Å². The van der Waals surface area contributed by atoms with Crippen LogP contribution in [0.15, 0.2) is 18.5 Å². The molecule has 3 aliphatic heterocycles. The van der Waals surface area contributed by atoms with Gasteiger partial charge in [0.05, 0.1) is 0 Å². The van der Waals surface area contributed by atoms with Gasteiger partial charge < -0.3 is 0 Å². The van der Waals surface area contributed by atoms with Crippen LogP contribution < -0.4 is 0 Å². The van der Waals surface area contributed by atoms with Crippen molar-refractivity contribution in [3.63, 3.8) is 0 Å². The zero-order valence-corrected chi connectivity index (χ0v) is 9.89. The Hall–Kier alpha value is -0.930. The van der Waals surface area contributed by atoms with Gasteiger partial charge in [0.2, 0.25) is 0 Å². The Morgan fingerprint density at radius 1 is 1.25 bits per heavy atom. The summed E-state index contributed by atoms with van der Waals surface area (Å²) < 4.78 is 0. The number of pyridine rings is 1. The van der Waals surface area contributed by atoms with Crippen molar-refractivity contribution < 1.29 is 0 Å². The molecule has 0 saturated carbocycles. The smallest absolute Gasteiger partial charge is 0.0300 e. The zero-order chi connectivity index (χ0) is 11.0. The van der Waals surface area contributed by atoms with Crippen molar-refractivity contribution in [2.24, 2.45) is 0 Å². The monoisotopic (exact) mass is 217 g/mol. The van der Waals surface area contributed by atoms with Crippen molar-refractivity contribution in [2.45, 2.75) is 19.4 Å². The van der Waals surface area contributed by atoms with Crippen LogP contribution in [0.2, 0.25) is 0 Å². The van der Waals surface area contributed by atoms with Crippen LogP contribution in [0.4, 0.5) is 0 Å². The number of fused-ring (bicyclic) bond motifs is 3. The Bertz CT molecular complexity index is 369. The molecule has 3 saturated heterocycles. The van der Waals surface area contributed by atoms with E-state index in [2.05, 4.69) is 27.8 Å². The summed E-state index contributed by atoms with van der Waals surface area (Å²) in [4.78, 5) is 9.51. The van der Waals surface area contributed by atoms with Gasteiger partial charge in [-0.3, -0.25) is 14.8 Å². The minimum atomic E-state index is 0.714. The molecule has 1 atom stereocenters. The quantitative estimate of drug-likeness (QED) is 0.735. The molecule has 86 valence electrons. The lowest BCUT2D eigenvalue weighted by molar-refractivity contribution is 0.0136. The Labute approximate surface area is 97.1 Å². The minimum absolute atomic E-state index is 0.714. The van der Waals surface area contributed by atoms with Crippen molar-refractivity contribution in [1.29, 1.82) is 0 Å². The van der Waals surface area contributed by atoms with Gasteiger partial charge in [-0.1, -0.05) is 6.07 Å². The number of hydrogen-bond acceptors (Lipinski definition) is 3. The third-order valence-electron chi connectivity index (χ3n) is 3.80. The van der Waals surface area contributed by atoms with Gasteiger partial charge in [-0.05, 0) is 24.5 Å². The first-order valence-corrected chi connectivity index (χ1v) is 6.18. The molecule has 3 heteroatoms. The fourth-order valence-corrected chi connectivity index (χ4v) is 2.92. The average Bonchev–Trinajstić information content (AvgIpc) is 2.30. The van der Waals surface area contributed by atoms with Crippen LogP contribution in [0.25, 0.3) is 0 Å². The Kier molecular flexibility index (Phi) is 2.65. The largest absolute Gasteiger partial charge is 0.299 e. The first-order chi connectivity index (χ1) is 7.81. The summed E-state index contributed by atoms with van der Waals surface area (Å²) in [5.41, 5.74) is 2.66. The van der Waals surface area contributed by atoms with E-state index in [4.69, 9.17) is 0 Å². The maximum absolute atomic E-state index is 4.28. The molecule has 3 nitrogen and oxygen atoms in total. The highest BCUT2D eigenvalue weighted by molar-refractivity contribution is 5.18. The van der Waals surface area contributed by atoms with Gasteiger partial charge in [0.25, 0.3) is 0 Å². The molecule has 1 aromatic heterocycles. The van der Waals surface area contributed by atoms with Crippen LogP contribution >= 0.6 is 0 Å². The van der Waals surface area contributed by atoms with E-state index in [0.29, 0.717) is 6.04 Å². The topological polar surface area (TPSA) is 19.4 Å². The lowest BCUT2D eigenvalue weighted by atomic mass is 10.0. The molecular formula is C13H19N3. The van der Waals surface area contributed by atoms with Gasteiger partial charge in [0.1, 0.15) is 0 Å². The van der Waals surface area contributed by atoms with E-state index in [-0.39, 0.29) is 0 Å². The second-order valence-electron chi connectivity index (χ2n) is 5.07. The van der Waals surface area contributed by atoms with Gasteiger partial charge >= 0.3 is 0 Å². The van der Waals surface area contributed by atoms with E-state index in [1.54, 1.807) is 0 Å². The zero-order valence-electron chi connectivity index (χ0n) is 9.89. The van der Waals surface area contributed by atoms with Crippen molar-refractivity contribution in [3.05, 3.63) is 29.6 Å². The molecule has 3 fully saturated rings. The number of aromatic nitrogens is 1. The highest BCUT2D eigenvalue weighted by Crippen LogP contribution is 2.19. The van der Waals surface area contributed by atoms with Crippen LogP contribution in [0.1, 0.15) is 11.1 Å². The lowest BCUT2D eigenvalue weighted by Crippen LogP contribution is -2.61. The van der Waals surface area contributed by atoms with Gasteiger partial charge in [-0.25, -0.2) is 0 Å². The highest BCUT2D eigenvalue weighted by atomic mass is 15.3. The molecule has 3 aliphatic rings. The summed E-state index contributed by atoms with van der Waals surface area (Å²) in [6, 6.07) is 2.98. The van der Waals surface area contributed by atoms with Crippen LogP contribution in [0, 0.1) is 6.92 Å². The molecule has 2 bridgehead atoms. The van der Waals surface area contributed by atoms with Crippen LogP contribution in [0.3, 0.4) is 0 Å². The number of aryl methyl sites for hydroxylation is 1. The van der Waals surface area contributed by atoms with Gasteiger partial charge in [-0.15, -0.1) is 0 Å². The molecule has 1 unspecified atom stereocenters. The summed E-state index contributed by atoms with van der Waals surface area (Å²) in [5, 5.41) is 0. The van der Waals surface area contributed by atoms with E-state index in [9.17, 15) is 0 Å². The van der Waals surface area contributed by atoms with E-state index >= 15 is 0 Å². The molecule has 4 heterocycles. The second-order valence-corrected chi connectivity index (χ2v) is 5.07. The molecule has 0 radical (unpaired) electrons.